The highest BCUT2D eigenvalue weighted by Crippen LogP contribution is 2.27. The fourth-order valence-electron chi connectivity index (χ4n) is 2.34. The van der Waals surface area contributed by atoms with Gasteiger partial charge in [0.15, 0.2) is 5.03 Å². The summed E-state index contributed by atoms with van der Waals surface area (Å²) in [6.45, 7) is 0.782. The summed E-state index contributed by atoms with van der Waals surface area (Å²) in [6, 6.07) is 5.61. The van der Waals surface area contributed by atoms with E-state index in [1.807, 2.05) is 18.2 Å². The minimum atomic E-state index is -3.50. The summed E-state index contributed by atoms with van der Waals surface area (Å²) in [5.41, 5.74) is 8.66. The van der Waals surface area contributed by atoms with Gasteiger partial charge in [-0.25, -0.2) is 13.4 Å². The van der Waals surface area contributed by atoms with Crippen molar-refractivity contribution in [3.05, 3.63) is 41.9 Å². The Balaban J connectivity index is 1.95. The van der Waals surface area contributed by atoms with Crippen LogP contribution in [0.3, 0.4) is 0 Å². The van der Waals surface area contributed by atoms with Crippen molar-refractivity contribution in [1.82, 2.24) is 14.3 Å². The number of anilines is 1. The summed E-state index contributed by atoms with van der Waals surface area (Å²) in [6.07, 6.45) is 3.32. The lowest BCUT2D eigenvalue weighted by Gasteiger charge is -2.28. The number of hydrogen-bond acceptors (Lipinski definition) is 4. The number of hydrogen-bond donors (Lipinski definition) is 2. The topological polar surface area (TPSA) is 92.1 Å². The van der Waals surface area contributed by atoms with E-state index in [9.17, 15) is 8.42 Å². The molecule has 3 N–H and O–H groups in total. The van der Waals surface area contributed by atoms with Crippen molar-refractivity contribution in [2.45, 2.75) is 18.0 Å². The number of aromatic amines is 1. The molecule has 0 saturated heterocycles. The summed E-state index contributed by atoms with van der Waals surface area (Å²) in [5.74, 6) is 0. The Bertz CT molecular complexity index is 695. The first-order chi connectivity index (χ1) is 9.09. The molecule has 0 aliphatic carbocycles. The van der Waals surface area contributed by atoms with Gasteiger partial charge < -0.3 is 10.7 Å². The second-order valence-corrected chi connectivity index (χ2v) is 6.40. The molecule has 19 heavy (non-hydrogen) atoms. The molecule has 2 aromatic rings. The van der Waals surface area contributed by atoms with E-state index in [0.717, 1.165) is 16.8 Å². The number of nitrogen functional groups attached to an aromatic ring is 1. The molecule has 0 fully saturated rings. The standard InChI is InChI=1S/C12H14N4O2S/c13-11-3-1-2-9-7-16(5-4-10(9)11)19(17,18)12-6-14-8-15-12/h1-3,6,8H,4-5,7,13H2,(H,14,15). The number of aromatic nitrogens is 2. The quantitative estimate of drug-likeness (QED) is 0.792. The van der Waals surface area contributed by atoms with E-state index >= 15 is 0 Å². The molecule has 0 unspecified atom stereocenters. The van der Waals surface area contributed by atoms with Crippen LogP contribution in [-0.2, 0) is 23.0 Å². The summed E-state index contributed by atoms with van der Waals surface area (Å²) in [7, 11) is -3.50. The van der Waals surface area contributed by atoms with Gasteiger partial charge in [-0.2, -0.15) is 4.31 Å². The highest BCUT2D eigenvalue weighted by atomic mass is 32.2. The van der Waals surface area contributed by atoms with Gasteiger partial charge in [0.1, 0.15) is 0 Å². The minimum absolute atomic E-state index is 0.125. The number of benzene rings is 1. The lowest BCUT2D eigenvalue weighted by atomic mass is 9.99. The Kier molecular flexibility index (Phi) is 2.79. The summed E-state index contributed by atoms with van der Waals surface area (Å²) >= 11 is 0. The second-order valence-electron chi connectivity index (χ2n) is 4.49. The van der Waals surface area contributed by atoms with Crippen molar-refractivity contribution in [3.8, 4) is 0 Å². The van der Waals surface area contributed by atoms with Gasteiger partial charge in [0.2, 0.25) is 0 Å². The summed E-state index contributed by atoms with van der Waals surface area (Å²) < 4.78 is 26.2. The zero-order chi connectivity index (χ0) is 13.5. The third-order valence-corrected chi connectivity index (χ3v) is 5.13. The number of nitrogens with zero attached hydrogens (tertiary/aromatic N) is 2. The number of imidazole rings is 1. The fraction of sp³-hybridized carbons (Fsp3) is 0.250. The van der Waals surface area contributed by atoms with Crippen molar-refractivity contribution in [2.75, 3.05) is 12.3 Å². The number of fused-ring (bicyclic) bond motifs is 1. The van der Waals surface area contributed by atoms with Crippen LogP contribution in [0.1, 0.15) is 11.1 Å². The highest BCUT2D eigenvalue weighted by Gasteiger charge is 2.29. The predicted octanol–water partition coefficient (Wildman–Crippen LogP) is 0.739. The number of nitrogens with two attached hydrogens (primary N) is 1. The molecule has 0 spiro atoms. The first-order valence-corrected chi connectivity index (χ1v) is 7.38. The van der Waals surface area contributed by atoms with Crippen LogP contribution in [0, 0.1) is 0 Å². The molecule has 0 bridgehead atoms. The number of rotatable bonds is 2. The van der Waals surface area contributed by atoms with Gasteiger partial charge in [-0.15, -0.1) is 0 Å². The Morgan fingerprint density at radius 2 is 2.21 bits per heavy atom. The van der Waals surface area contributed by atoms with Crippen LogP contribution in [0.4, 0.5) is 5.69 Å². The van der Waals surface area contributed by atoms with Crippen LogP contribution >= 0.6 is 0 Å². The van der Waals surface area contributed by atoms with Crippen LogP contribution in [0.25, 0.3) is 0 Å². The molecule has 3 rings (SSSR count). The van der Waals surface area contributed by atoms with Gasteiger partial charge in [0.05, 0.1) is 12.5 Å². The Morgan fingerprint density at radius 1 is 1.37 bits per heavy atom. The van der Waals surface area contributed by atoms with Gasteiger partial charge in [0, 0.05) is 18.8 Å². The normalized spacial score (nSPS) is 16.2. The average molecular weight is 278 g/mol. The molecule has 2 heterocycles. The molecule has 1 aromatic heterocycles. The Labute approximate surface area is 111 Å². The average Bonchev–Trinajstić information content (AvgIpc) is 2.93. The van der Waals surface area contributed by atoms with Gasteiger partial charge in [-0.05, 0) is 23.6 Å². The third-order valence-electron chi connectivity index (χ3n) is 3.36. The van der Waals surface area contributed by atoms with E-state index in [1.165, 1.54) is 16.8 Å². The fourth-order valence-corrected chi connectivity index (χ4v) is 3.66. The Morgan fingerprint density at radius 3 is 2.95 bits per heavy atom. The summed E-state index contributed by atoms with van der Waals surface area (Å²) in [4.78, 5) is 6.40. The van der Waals surface area contributed by atoms with Gasteiger partial charge in [0.25, 0.3) is 10.0 Å². The molecule has 100 valence electrons. The van der Waals surface area contributed by atoms with Crippen molar-refractivity contribution >= 4 is 15.7 Å². The zero-order valence-corrected chi connectivity index (χ0v) is 11.0. The van der Waals surface area contributed by atoms with E-state index in [4.69, 9.17) is 5.73 Å². The molecule has 0 atom stereocenters. The molecule has 0 amide bonds. The first-order valence-electron chi connectivity index (χ1n) is 5.94. The number of H-pyrrole nitrogens is 1. The van der Waals surface area contributed by atoms with Crippen LogP contribution in [0.5, 0.6) is 0 Å². The molecule has 7 heteroatoms. The largest absolute Gasteiger partial charge is 0.398 e. The molecular formula is C12H14N4O2S. The lowest BCUT2D eigenvalue weighted by Crippen LogP contribution is -2.36. The van der Waals surface area contributed by atoms with Crippen LogP contribution in [0.2, 0.25) is 0 Å². The molecule has 1 aliphatic heterocycles. The van der Waals surface area contributed by atoms with E-state index < -0.39 is 10.0 Å². The smallest absolute Gasteiger partial charge is 0.260 e. The van der Waals surface area contributed by atoms with E-state index in [0.29, 0.717) is 19.5 Å². The van der Waals surface area contributed by atoms with E-state index in [-0.39, 0.29) is 5.03 Å². The van der Waals surface area contributed by atoms with Crippen molar-refractivity contribution < 1.29 is 8.42 Å². The van der Waals surface area contributed by atoms with Crippen molar-refractivity contribution in [3.63, 3.8) is 0 Å². The van der Waals surface area contributed by atoms with Crippen LogP contribution < -0.4 is 5.73 Å². The minimum Gasteiger partial charge on any atom is -0.398 e. The van der Waals surface area contributed by atoms with Crippen molar-refractivity contribution in [1.29, 1.82) is 0 Å². The number of nitrogens with one attached hydrogen (secondary N) is 1. The molecule has 0 saturated carbocycles. The van der Waals surface area contributed by atoms with Gasteiger partial charge in [-0.1, -0.05) is 12.1 Å². The van der Waals surface area contributed by atoms with Gasteiger partial charge in [-0.3, -0.25) is 0 Å². The molecule has 1 aromatic carbocycles. The SMILES string of the molecule is Nc1cccc2c1CCN(S(=O)(=O)c1cnc[nH]1)C2. The monoisotopic (exact) mass is 278 g/mol. The molecular weight excluding hydrogens is 264 g/mol. The zero-order valence-electron chi connectivity index (χ0n) is 10.2. The van der Waals surface area contributed by atoms with E-state index in [2.05, 4.69) is 9.97 Å². The lowest BCUT2D eigenvalue weighted by molar-refractivity contribution is 0.390. The van der Waals surface area contributed by atoms with Crippen LogP contribution in [0.15, 0.2) is 35.7 Å². The van der Waals surface area contributed by atoms with E-state index in [1.54, 1.807) is 0 Å². The molecule has 1 aliphatic rings. The third kappa shape index (κ3) is 2.00. The summed E-state index contributed by atoms with van der Waals surface area (Å²) in [5, 5.41) is 0.125. The second kappa shape index (κ2) is 4.36. The molecule has 0 radical (unpaired) electrons. The highest BCUT2D eigenvalue weighted by molar-refractivity contribution is 7.89. The molecule has 6 nitrogen and oxygen atoms in total. The van der Waals surface area contributed by atoms with Crippen molar-refractivity contribution in [2.24, 2.45) is 0 Å². The maximum atomic E-state index is 12.4. The first kappa shape index (κ1) is 12.2. The van der Waals surface area contributed by atoms with Crippen LogP contribution in [-0.4, -0.2) is 29.2 Å². The predicted molar refractivity (Wildman–Crippen MR) is 70.7 cm³/mol. The maximum absolute atomic E-state index is 12.4. The van der Waals surface area contributed by atoms with Gasteiger partial charge >= 0.3 is 0 Å². The number of sulfonamides is 1. The Hall–Kier alpha value is -1.86. The maximum Gasteiger partial charge on any atom is 0.260 e.